The van der Waals surface area contributed by atoms with Crippen LogP contribution in [-0.2, 0) is 7.05 Å². The molecule has 1 aliphatic heterocycles. The molecule has 0 radical (unpaired) electrons. The number of aromatic nitrogens is 4. The van der Waals surface area contributed by atoms with Crippen molar-refractivity contribution in [3.05, 3.63) is 24.5 Å². The minimum atomic E-state index is -0.260. The molecule has 1 saturated heterocycles. The third kappa shape index (κ3) is 2.44. The number of hydrogen-bond acceptors (Lipinski definition) is 5. The van der Waals surface area contributed by atoms with Crippen LogP contribution < -0.4 is 4.90 Å². The SMILES string of the molecule is Cn1nccc1-c1nccc(N2CCC[C@@H](O)C2)n1. The van der Waals surface area contributed by atoms with Crippen molar-refractivity contribution in [2.45, 2.75) is 18.9 Å². The Balaban J connectivity index is 1.90. The first-order chi connectivity index (χ1) is 9.24. The Morgan fingerprint density at radius 2 is 2.21 bits per heavy atom. The molecule has 0 saturated carbocycles. The number of aryl methyl sites for hydroxylation is 1. The first kappa shape index (κ1) is 12.1. The van der Waals surface area contributed by atoms with Crippen LogP contribution in [0.3, 0.4) is 0 Å². The van der Waals surface area contributed by atoms with Crippen LogP contribution in [0.15, 0.2) is 24.5 Å². The molecule has 0 aliphatic carbocycles. The summed E-state index contributed by atoms with van der Waals surface area (Å²) in [6.45, 7) is 1.57. The Morgan fingerprint density at radius 3 is 2.95 bits per heavy atom. The molecule has 0 bridgehead atoms. The van der Waals surface area contributed by atoms with E-state index < -0.39 is 0 Å². The van der Waals surface area contributed by atoms with E-state index in [4.69, 9.17) is 0 Å². The van der Waals surface area contributed by atoms with E-state index in [-0.39, 0.29) is 6.10 Å². The average molecular weight is 259 g/mol. The molecular formula is C13H17N5O. The summed E-state index contributed by atoms with van der Waals surface area (Å²) in [5, 5.41) is 13.9. The molecule has 3 rings (SSSR count). The van der Waals surface area contributed by atoms with Gasteiger partial charge in [0.15, 0.2) is 5.82 Å². The van der Waals surface area contributed by atoms with Crippen molar-refractivity contribution >= 4 is 5.82 Å². The Hall–Kier alpha value is -1.95. The number of nitrogens with zero attached hydrogens (tertiary/aromatic N) is 5. The van der Waals surface area contributed by atoms with Gasteiger partial charge in [-0.05, 0) is 25.0 Å². The Morgan fingerprint density at radius 1 is 1.32 bits per heavy atom. The quantitative estimate of drug-likeness (QED) is 0.865. The van der Waals surface area contributed by atoms with Gasteiger partial charge in [-0.1, -0.05) is 0 Å². The zero-order valence-corrected chi connectivity index (χ0v) is 10.9. The standard InChI is InChI=1S/C13H17N5O/c1-17-11(4-7-15-17)13-14-6-5-12(16-13)18-8-2-3-10(19)9-18/h4-7,10,19H,2-3,8-9H2,1H3/t10-/m1/s1. The lowest BCUT2D eigenvalue weighted by atomic mass is 10.1. The van der Waals surface area contributed by atoms with Gasteiger partial charge in [0.25, 0.3) is 0 Å². The fourth-order valence-electron chi connectivity index (χ4n) is 2.40. The molecule has 0 aromatic carbocycles. The van der Waals surface area contributed by atoms with E-state index >= 15 is 0 Å². The van der Waals surface area contributed by atoms with E-state index in [1.807, 2.05) is 19.2 Å². The molecule has 19 heavy (non-hydrogen) atoms. The summed E-state index contributed by atoms with van der Waals surface area (Å²) >= 11 is 0. The highest BCUT2D eigenvalue weighted by atomic mass is 16.3. The molecular weight excluding hydrogens is 242 g/mol. The van der Waals surface area contributed by atoms with Gasteiger partial charge in [0.05, 0.1) is 6.10 Å². The molecule has 2 aromatic rings. The van der Waals surface area contributed by atoms with Gasteiger partial charge in [0.2, 0.25) is 0 Å². The second kappa shape index (κ2) is 4.97. The number of anilines is 1. The lowest BCUT2D eigenvalue weighted by Gasteiger charge is -2.31. The third-order valence-electron chi connectivity index (χ3n) is 3.41. The van der Waals surface area contributed by atoms with Crippen molar-refractivity contribution in [1.29, 1.82) is 0 Å². The average Bonchev–Trinajstić information content (AvgIpc) is 2.85. The molecule has 6 nitrogen and oxygen atoms in total. The zero-order chi connectivity index (χ0) is 13.2. The molecule has 1 N–H and O–H groups in total. The van der Waals surface area contributed by atoms with Crippen LogP contribution in [-0.4, -0.2) is 44.0 Å². The smallest absolute Gasteiger partial charge is 0.179 e. The highest BCUT2D eigenvalue weighted by Crippen LogP contribution is 2.20. The molecule has 0 amide bonds. The summed E-state index contributed by atoms with van der Waals surface area (Å²) in [7, 11) is 1.87. The van der Waals surface area contributed by atoms with E-state index in [0.29, 0.717) is 12.4 Å². The summed E-state index contributed by atoms with van der Waals surface area (Å²) in [5.74, 6) is 1.53. The van der Waals surface area contributed by atoms with Crippen LogP contribution in [0.1, 0.15) is 12.8 Å². The number of piperidine rings is 1. The van der Waals surface area contributed by atoms with Crippen LogP contribution in [0.4, 0.5) is 5.82 Å². The molecule has 100 valence electrons. The normalized spacial score (nSPS) is 19.7. The predicted octanol–water partition coefficient (Wildman–Crippen LogP) is 0.838. The molecule has 0 spiro atoms. The van der Waals surface area contributed by atoms with Crippen molar-refractivity contribution in [2.75, 3.05) is 18.0 Å². The van der Waals surface area contributed by atoms with Crippen LogP contribution in [0, 0.1) is 0 Å². The highest BCUT2D eigenvalue weighted by molar-refractivity contribution is 5.52. The molecule has 1 atom stereocenters. The molecule has 2 aromatic heterocycles. The van der Waals surface area contributed by atoms with Gasteiger partial charge >= 0.3 is 0 Å². The summed E-state index contributed by atoms with van der Waals surface area (Å²) in [6.07, 6.45) is 5.09. The van der Waals surface area contributed by atoms with Crippen molar-refractivity contribution < 1.29 is 5.11 Å². The maximum atomic E-state index is 9.74. The fraction of sp³-hybridized carbons (Fsp3) is 0.462. The maximum absolute atomic E-state index is 9.74. The van der Waals surface area contributed by atoms with Crippen molar-refractivity contribution in [2.24, 2.45) is 7.05 Å². The van der Waals surface area contributed by atoms with E-state index in [1.165, 1.54) is 0 Å². The number of aliphatic hydroxyl groups is 1. The van der Waals surface area contributed by atoms with Gasteiger partial charge in [-0.25, -0.2) is 9.97 Å². The fourth-order valence-corrected chi connectivity index (χ4v) is 2.40. The van der Waals surface area contributed by atoms with Crippen LogP contribution in [0.2, 0.25) is 0 Å². The number of aliphatic hydroxyl groups excluding tert-OH is 1. The molecule has 6 heteroatoms. The number of hydrogen-bond donors (Lipinski definition) is 1. The summed E-state index contributed by atoms with van der Waals surface area (Å²) in [6, 6.07) is 3.78. The Bertz CT molecular complexity index is 568. The topological polar surface area (TPSA) is 67.1 Å². The number of rotatable bonds is 2. The minimum absolute atomic E-state index is 0.260. The van der Waals surface area contributed by atoms with Crippen molar-refractivity contribution in [1.82, 2.24) is 19.7 Å². The van der Waals surface area contributed by atoms with E-state index in [1.54, 1.807) is 17.1 Å². The van der Waals surface area contributed by atoms with Gasteiger partial charge in [-0.2, -0.15) is 5.10 Å². The second-order valence-corrected chi connectivity index (χ2v) is 4.82. The van der Waals surface area contributed by atoms with Crippen molar-refractivity contribution in [3.8, 4) is 11.5 Å². The lowest BCUT2D eigenvalue weighted by Crippen LogP contribution is -2.38. The van der Waals surface area contributed by atoms with Crippen molar-refractivity contribution in [3.63, 3.8) is 0 Å². The first-order valence-corrected chi connectivity index (χ1v) is 6.48. The summed E-state index contributed by atoms with van der Waals surface area (Å²) in [5.41, 5.74) is 0.888. The molecule has 1 aliphatic rings. The van der Waals surface area contributed by atoms with Gasteiger partial charge in [0, 0.05) is 32.5 Å². The number of β-amino-alcohol motifs (C(OH)–C–C–N with tert-alkyl or cyclic N) is 1. The van der Waals surface area contributed by atoms with Gasteiger partial charge in [-0.3, -0.25) is 4.68 Å². The highest BCUT2D eigenvalue weighted by Gasteiger charge is 2.19. The summed E-state index contributed by atoms with van der Waals surface area (Å²) < 4.78 is 1.75. The minimum Gasteiger partial charge on any atom is -0.391 e. The lowest BCUT2D eigenvalue weighted by molar-refractivity contribution is 0.154. The van der Waals surface area contributed by atoms with E-state index in [0.717, 1.165) is 30.9 Å². The van der Waals surface area contributed by atoms with Crippen LogP contribution >= 0.6 is 0 Å². The van der Waals surface area contributed by atoms with Crippen LogP contribution in [0.25, 0.3) is 11.5 Å². The second-order valence-electron chi connectivity index (χ2n) is 4.82. The monoisotopic (exact) mass is 259 g/mol. The van der Waals surface area contributed by atoms with Crippen LogP contribution in [0.5, 0.6) is 0 Å². The largest absolute Gasteiger partial charge is 0.391 e. The summed E-state index contributed by atoms with van der Waals surface area (Å²) in [4.78, 5) is 11.0. The zero-order valence-electron chi connectivity index (χ0n) is 10.9. The van der Waals surface area contributed by atoms with E-state index in [2.05, 4.69) is 20.0 Å². The first-order valence-electron chi connectivity index (χ1n) is 6.48. The van der Waals surface area contributed by atoms with Gasteiger partial charge in [-0.15, -0.1) is 0 Å². The Kier molecular flexibility index (Phi) is 3.16. The van der Waals surface area contributed by atoms with Gasteiger partial charge in [0.1, 0.15) is 11.5 Å². The van der Waals surface area contributed by atoms with E-state index in [9.17, 15) is 5.11 Å². The molecule has 1 fully saturated rings. The maximum Gasteiger partial charge on any atom is 0.179 e. The molecule has 3 heterocycles. The van der Waals surface area contributed by atoms with Gasteiger partial charge < -0.3 is 10.0 Å². The molecule has 0 unspecified atom stereocenters. The third-order valence-corrected chi connectivity index (χ3v) is 3.41. The Labute approximate surface area is 111 Å². The predicted molar refractivity (Wildman–Crippen MR) is 71.7 cm³/mol.